The number of nitrogens with one attached hydrogen (secondary N) is 1. The Morgan fingerprint density at radius 3 is 2.52 bits per heavy atom. The standard InChI is InChI=1S/C18H21FN4O2/c1-12-4-7-14(10-16(12)19)21-17(24)11-25-22-18(20)13-5-8-15(9-6-13)23(2)3/h4-10H,11H2,1-3H3,(H2,20,22)(H,21,24). The largest absolute Gasteiger partial charge is 0.384 e. The lowest BCUT2D eigenvalue weighted by atomic mass is 10.2. The molecule has 7 heteroatoms. The highest BCUT2D eigenvalue weighted by molar-refractivity contribution is 5.97. The number of halogens is 1. The van der Waals surface area contributed by atoms with Crippen LogP contribution in [0.25, 0.3) is 0 Å². The van der Waals surface area contributed by atoms with E-state index in [-0.39, 0.29) is 18.3 Å². The molecule has 3 N–H and O–H groups in total. The molecule has 0 fully saturated rings. The molecule has 0 heterocycles. The lowest BCUT2D eigenvalue weighted by molar-refractivity contribution is -0.120. The average Bonchev–Trinajstić information content (AvgIpc) is 2.58. The van der Waals surface area contributed by atoms with E-state index in [9.17, 15) is 9.18 Å². The zero-order chi connectivity index (χ0) is 18.4. The summed E-state index contributed by atoms with van der Waals surface area (Å²) < 4.78 is 13.4. The van der Waals surface area contributed by atoms with E-state index >= 15 is 0 Å². The monoisotopic (exact) mass is 344 g/mol. The van der Waals surface area contributed by atoms with Gasteiger partial charge < -0.3 is 20.8 Å². The molecule has 2 aromatic carbocycles. The molecule has 0 atom stereocenters. The Morgan fingerprint density at radius 1 is 1.24 bits per heavy atom. The molecule has 0 bridgehead atoms. The summed E-state index contributed by atoms with van der Waals surface area (Å²) in [5.74, 6) is -0.676. The van der Waals surface area contributed by atoms with E-state index in [4.69, 9.17) is 10.6 Å². The van der Waals surface area contributed by atoms with Crippen molar-refractivity contribution in [3.8, 4) is 0 Å². The van der Waals surface area contributed by atoms with E-state index in [0.29, 0.717) is 16.8 Å². The summed E-state index contributed by atoms with van der Waals surface area (Å²) >= 11 is 0. The van der Waals surface area contributed by atoms with Crippen molar-refractivity contribution in [1.82, 2.24) is 0 Å². The van der Waals surface area contributed by atoms with E-state index in [2.05, 4.69) is 10.5 Å². The van der Waals surface area contributed by atoms with Crippen LogP contribution in [0.5, 0.6) is 0 Å². The van der Waals surface area contributed by atoms with Crippen molar-refractivity contribution in [3.05, 3.63) is 59.4 Å². The van der Waals surface area contributed by atoms with Crippen LogP contribution >= 0.6 is 0 Å². The third kappa shape index (κ3) is 5.20. The van der Waals surface area contributed by atoms with Crippen LogP contribution in [0, 0.1) is 12.7 Å². The highest BCUT2D eigenvalue weighted by atomic mass is 19.1. The van der Waals surface area contributed by atoms with Crippen LogP contribution in [0.3, 0.4) is 0 Å². The van der Waals surface area contributed by atoms with Gasteiger partial charge in [-0.2, -0.15) is 0 Å². The van der Waals surface area contributed by atoms with Gasteiger partial charge in [0.15, 0.2) is 12.4 Å². The second-order valence-electron chi connectivity index (χ2n) is 5.70. The smallest absolute Gasteiger partial charge is 0.265 e. The molecule has 0 radical (unpaired) electrons. The summed E-state index contributed by atoms with van der Waals surface area (Å²) in [6.07, 6.45) is 0. The molecule has 0 spiro atoms. The minimum atomic E-state index is -0.456. The summed E-state index contributed by atoms with van der Waals surface area (Å²) in [7, 11) is 3.88. The molecule has 132 valence electrons. The first-order chi connectivity index (χ1) is 11.9. The molecule has 0 saturated carbocycles. The number of oxime groups is 1. The summed E-state index contributed by atoms with van der Waals surface area (Å²) in [4.78, 5) is 18.7. The first kappa shape index (κ1) is 18.3. The number of nitrogens with two attached hydrogens (primary N) is 1. The van der Waals surface area contributed by atoms with Crippen LogP contribution < -0.4 is 16.0 Å². The van der Waals surface area contributed by atoms with E-state index in [1.54, 1.807) is 19.1 Å². The number of nitrogens with zero attached hydrogens (tertiary/aromatic N) is 2. The van der Waals surface area contributed by atoms with Gasteiger partial charge in [-0.25, -0.2) is 4.39 Å². The summed E-state index contributed by atoms with van der Waals surface area (Å²) in [5, 5.41) is 6.25. The molecule has 6 nitrogen and oxygen atoms in total. The third-order valence-corrected chi connectivity index (χ3v) is 3.49. The number of hydrogen-bond donors (Lipinski definition) is 2. The summed E-state index contributed by atoms with van der Waals surface area (Å²) in [6.45, 7) is 1.32. The first-order valence-electron chi connectivity index (χ1n) is 7.66. The maximum Gasteiger partial charge on any atom is 0.265 e. The highest BCUT2D eigenvalue weighted by Gasteiger charge is 2.06. The van der Waals surface area contributed by atoms with Crippen LogP contribution in [0.4, 0.5) is 15.8 Å². The minimum absolute atomic E-state index is 0.166. The van der Waals surface area contributed by atoms with Gasteiger partial charge in [-0.15, -0.1) is 0 Å². The van der Waals surface area contributed by atoms with Crippen LogP contribution in [-0.4, -0.2) is 32.4 Å². The molecule has 25 heavy (non-hydrogen) atoms. The summed E-state index contributed by atoms with van der Waals surface area (Å²) in [5.41, 5.74) is 8.40. The van der Waals surface area contributed by atoms with E-state index in [1.165, 1.54) is 6.07 Å². The van der Waals surface area contributed by atoms with Crippen molar-refractivity contribution in [2.24, 2.45) is 10.9 Å². The molecule has 0 saturated heterocycles. The fraction of sp³-hybridized carbons (Fsp3) is 0.222. The quantitative estimate of drug-likeness (QED) is 0.479. The number of aryl methyl sites for hydroxylation is 1. The molecule has 0 aliphatic heterocycles. The minimum Gasteiger partial charge on any atom is -0.384 e. The number of hydrogen-bond acceptors (Lipinski definition) is 4. The molecule has 0 aliphatic rings. The van der Waals surface area contributed by atoms with Gasteiger partial charge in [-0.3, -0.25) is 4.79 Å². The summed E-state index contributed by atoms with van der Waals surface area (Å²) in [6, 6.07) is 11.9. The van der Waals surface area contributed by atoms with Crippen LogP contribution in [0.1, 0.15) is 11.1 Å². The number of carbonyl (C=O) groups is 1. The maximum atomic E-state index is 13.4. The van der Waals surface area contributed by atoms with Gasteiger partial charge in [0.2, 0.25) is 0 Å². The Bertz CT molecular complexity index is 773. The molecule has 2 rings (SSSR count). The lowest BCUT2D eigenvalue weighted by Gasteiger charge is -2.12. The number of rotatable bonds is 6. The predicted octanol–water partition coefficient (Wildman–Crippen LogP) is 2.48. The Kier molecular flexibility index (Phi) is 5.94. The van der Waals surface area contributed by atoms with Gasteiger partial charge in [0.05, 0.1) is 0 Å². The van der Waals surface area contributed by atoms with Crippen molar-refractivity contribution in [2.75, 3.05) is 30.9 Å². The average molecular weight is 344 g/mol. The van der Waals surface area contributed by atoms with E-state index in [1.807, 2.05) is 43.3 Å². The Morgan fingerprint density at radius 2 is 1.92 bits per heavy atom. The van der Waals surface area contributed by atoms with Crippen molar-refractivity contribution < 1.29 is 14.0 Å². The number of amides is 1. The number of anilines is 2. The molecule has 2 aromatic rings. The van der Waals surface area contributed by atoms with Gasteiger partial charge >= 0.3 is 0 Å². The van der Waals surface area contributed by atoms with Gasteiger partial charge in [-0.05, 0) is 48.9 Å². The third-order valence-electron chi connectivity index (χ3n) is 3.49. The van der Waals surface area contributed by atoms with Crippen LogP contribution in [-0.2, 0) is 9.63 Å². The molecule has 1 amide bonds. The molecule has 0 aliphatic carbocycles. The molecule has 0 unspecified atom stereocenters. The van der Waals surface area contributed by atoms with Crippen LogP contribution in [0.2, 0.25) is 0 Å². The first-order valence-corrected chi connectivity index (χ1v) is 7.66. The van der Waals surface area contributed by atoms with Crippen molar-refractivity contribution in [2.45, 2.75) is 6.92 Å². The number of benzene rings is 2. The molecular weight excluding hydrogens is 323 g/mol. The van der Waals surface area contributed by atoms with Crippen molar-refractivity contribution in [3.63, 3.8) is 0 Å². The SMILES string of the molecule is Cc1ccc(NC(=O)CO/N=C(\N)c2ccc(N(C)C)cc2)cc1F. The number of carbonyl (C=O) groups excluding carboxylic acids is 1. The van der Waals surface area contributed by atoms with E-state index < -0.39 is 5.91 Å². The zero-order valence-corrected chi connectivity index (χ0v) is 14.4. The van der Waals surface area contributed by atoms with Gasteiger partial charge in [0, 0.05) is 31.0 Å². The van der Waals surface area contributed by atoms with Gasteiger partial charge in [0.25, 0.3) is 5.91 Å². The van der Waals surface area contributed by atoms with Crippen molar-refractivity contribution >= 4 is 23.1 Å². The lowest BCUT2D eigenvalue weighted by Crippen LogP contribution is -2.19. The Labute approximate surface area is 146 Å². The topological polar surface area (TPSA) is 79.9 Å². The highest BCUT2D eigenvalue weighted by Crippen LogP contribution is 2.14. The second kappa shape index (κ2) is 8.14. The molecular formula is C18H21FN4O2. The Balaban J connectivity index is 1.88. The number of amidine groups is 1. The predicted molar refractivity (Wildman–Crippen MR) is 97.2 cm³/mol. The zero-order valence-electron chi connectivity index (χ0n) is 14.4. The van der Waals surface area contributed by atoms with Gasteiger partial charge in [0.1, 0.15) is 5.82 Å². The fourth-order valence-electron chi connectivity index (χ4n) is 2.01. The molecule has 0 aromatic heterocycles. The van der Waals surface area contributed by atoms with Crippen molar-refractivity contribution in [1.29, 1.82) is 0 Å². The Hall–Kier alpha value is -3.09. The normalized spacial score (nSPS) is 11.1. The second-order valence-corrected chi connectivity index (χ2v) is 5.70. The van der Waals surface area contributed by atoms with Gasteiger partial charge in [-0.1, -0.05) is 11.2 Å². The fourth-order valence-corrected chi connectivity index (χ4v) is 2.01. The van der Waals surface area contributed by atoms with E-state index in [0.717, 1.165) is 5.69 Å². The van der Waals surface area contributed by atoms with Crippen LogP contribution in [0.15, 0.2) is 47.6 Å². The maximum absolute atomic E-state index is 13.4.